The highest BCUT2D eigenvalue weighted by Gasteiger charge is 2.05. The number of likely N-dealkylation sites (N-methyl/N-ethyl adjacent to an activating group) is 1. The van der Waals surface area contributed by atoms with E-state index in [9.17, 15) is 4.79 Å². The van der Waals surface area contributed by atoms with Gasteiger partial charge in [-0.15, -0.1) is 0 Å². The molecular weight excluding hydrogens is 202 g/mol. The Kier molecular flexibility index (Phi) is 9.24. The average Bonchev–Trinajstić information content (AvgIpc) is 2.32. The predicted molar refractivity (Wildman–Crippen MR) is 68.6 cm³/mol. The monoisotopic (exact) mass is 229 g/mol. The highest BCUT2D eigenvalue weighted by Crippen LogP contribution is 1.89. The summed E-state index contributed by atoms with van der Waals surface area (Å²) in [7, 11) is 1.83. The first-order chi connectivity index (χ1) is 7.65. The van der Waals surface area contributed by atoms with E-state index in [1.54, 1.807) is 4.90 Å². The second-order valence-electron chi connectivity index (χ2n) is 3.97. The third-order valence-electron chi connectivity index (χ3n) is 2.90. The number of carbonyl (C=O) groups is 1. The molecule has 0 unspecified atom stereocenters. The van der Waals surface area contributed by atoms with Crippen LogP contribution in [0.5, 0.6) is 0 Å². The first-order valence-corrected chi connectivity index (χ1v) is 6.32. The summed E-state index contributed by atoms with van der Waals surface area (Å²) in [5, 5.41) is 3.19. The van der Waals surface area contributed by atoms with Crippen molar-refractivity contribution in [2.75, 3.05) is 46.3 Å². The van der Waals surface area contributed by atoms with Gasteiger partial charge in [0.2, 0.25) is 5.91 Å². The number of hydrogen-bond donors (Lipinski definition) is 1. The number of carbonyl (C=O) groups excluding carboxylic acids is 1. The van der Waals surface area contributed by atoms with E-state index in [4.69, 9.17) is 0 Å². The largest absolute Gasteiger partial charge is 0.345 e. The Morgan fingerprint density at radius 2 is 1.75 bits per heavy atom. The molecular formula is C12H27N3O. The molecule has 4 heteroatoms. The molecule has 4 nitrogen and oxygen atoms in total. The Balaban J connectivity index is 3.43. The predicted octanol–water partition coefficient (Wildman–Crippen LogP) is 0.786. The van der Waals surface area contributed by atoms with E-state index < -0.39 is 0 Å². The lowest BCUT2D eigenvalue weighted by Gasteiger charge is -2.18. The van der Waals surface area contributed by atoms with Gasteiger partial charge >= 0.3 is 0 Å². The Morgan fingerprint density at radius 1 is 1.12 bits per heavy atom. The van der Waals surface area contributed by atoms with E-state index in [0.717, 1.165) is 39.1 Å². The van der Waals surface area contributed by atoms with Crippen molar-refractivity contribution in [2.24, 2.45) is 0 Å². The molecule has 0 spiro atoms. The van der Waals surface area contributed by atoms with Crippen molar-refractivity contribution in [3.05, 3.63) is 0 Å². The maximum absolute atomic E-state index is 11.4. The zero-order chi connectivity index (χ0) is 12.4. The number of amides is 1. The zero-order valence-corrected chi connectivity index (χ0v) is 11.3. The van der Waals surface area contributed by atoms with E-state index in [-0.39, 0.29) is 5.91 Å². The first kappa shape index (κ1) is 15.4. The van der Waals surface area contributed by atoms with E-state index >= 15 is 0 Å². The Hall–Kier alpha value is -0.610. The Morgan fingerprint density at radius 3 is 2.25 bits per heavy atom. The summed E-state index contributed by atoms with van der Waals surface area (Å²) < 4.78 is 0. The topological polar surface area (TPSA) is 35.6 Å². The van der Waals surface area contributed by atoms with Gasteiger partial charge in [0, 0.05) is 13.6 Å². The molecule has 0 aliphatic heterocycles. The van der Waals surface area contributed by atoms with Crippen LogP contribution >= 0.6 is 0 Å². The van der Waals surface area contributed by atoms with Crippen molar-refractivity contribution in [3.63, 3.8) is 0 Å². The van der Waals surface area contributed by atoms with Crippen LogP contribution in [0.4, 0.5) is 0 Å². The van der Waals surface area contributed by atoms with Gasteiger partial charge in [-0.25, -0.2) is 0 Å². The van der Waals surface area contributed by atoms with Crippen molar-refractivity contribution in [2.45, 2.75) is 27.2 Å². The number of hydrogen-bond acceptors (Lipinski definition) is 3. The molecule has 1 amide bonds. The molecule has 0 saturated heterocycles. The fraction of sp³-hybridized carbons (Fsp3) is 0.917. The molecule has 0 aliphatic rings. The molecule has 0 aliphatic carbocycles. The number of rotatable bonds is 9. The Labute approximate surface area is 100.0 Å². The van der Waals surface area contributed by atoms with Crippen molar-refractivity contribution in [1.82, 2.24) is 15.1 Å². The normalized spacial score (nSPS) is 10.8. The summed E-state index contributed by atoms with van der Waals surface area (Å²) in [5.74, 6) is 0.172. The molecule has 0 rings (SSSR count). The number of nitrogens with one attached hydrogen (secondary N) is 1. The van der Waals surface area contributed by atoms with E-state index in [2.05, 4.69) is 24.1 Å². The van der Waals surface area contributed by atoms with Gasteiger partial charge in [-0.2, -0.15) is 0 Å². The highest BCUT2D eigenvalue weighted by atomic mass is 16.2. The minimum Gasteiger partial charge on any atom is -0.345 e. The fourth-order valence-corrected chi connectivity index (χ4v) is 1.47. The molecule has 0 atom stereocenters. The third kappa shape index (κ3) is 6.80. The van der Waals surface area contributed by atoms with Gasteiger partial charge in [0.25, 0.3) is 0 Å². The van der Waals surface area contributed by atoms with Gasteiger partial charge in [-0.3, -0.25) is 4.79 Å². The average molecular weight is 229 g/mol. The van der Waals surface area contributed by atoms with Gasteiger partial charge in [0.05, 0.1) is 6.54 Å². The quantitative estimate of drug-likeness (QED) is 0.594. The lowest BCUT2D eigenvalue weighted by Crippen LogP contribution is -2.36. The van der Waals surface area contributed by atoms with Crippen LogP contribution in [0.25, 0.3) is 0 Å². The van der Waals surface area contributed by atoms with Crippen LogP contribution in [0.3, 0.4) is 0 Å². The summed E-state index contributed by atoms with van der Waals surface area (Å²) in [4.78, 5) is 15.6. The van der Waals surface area contributed by atoms with Crippen molar-refractivity contribution < 1.29 is 4.79 Å². The summed E-state index contributed by atoms with van der Waals surface area (Å²) in [6.07, 6.45) is 1.10. The second kappa shape index (κ2) is 9.60. The van der Waals surface area contributed by atoms with Crippen LogP contribution < -0.4 is 5.32 Å². The SMILES string of the molecule is CCN(CC)CCCNCC(=O)N(C)CC. The van der Waals surface area contributed by atoms with Crippen LogP contribution in [0.2, 0.25) is 0 Å². The molecule has 16 heavy (non-hydrogen) atoms. The third-order valence-corrected chi connectivity index (χ3v) is 2.90. The van der Waals surface area contributed by atoms with Gasteiger partial charge in [-0.1, -0.05) is 13.8 Å². The molecule has 0 heterocycles. The number of nitrogens with zero attached hydrogens (tertiary/aromatic N) is 2. The molecule has 0 bridgehead atoms. The summed E-state index contributed by atoms with van der Waals surface area (Å²) in [6.45, 7) is 11.8. The first-order valence-electron chi connectivity index (χ1n) is 6.32. The van der Waals surface area contributed by atoms with E-state index in [1.807, 2.05) is 14.0 Å². The van der Waals surface area contributed by atoms with Gasteiger partial charge in [-0.05, 0) is 39.5 Å². The minimum absolute atomic E-state index is 0.172. The molecule has 0 aromatic heterocycles. The zero-order valence-electron chi connectivity index (χ0n) is 11.3. The second-order valence-corrected chi connectivity index (χ2v) is 3.97. The molecule has 0 fully saturated rings. The summed E-state index contributed by atoms with van der Waals surface area (Å²) in [6, 6.07) is 0. The molecule has 96 valence electrons. The molecule has 1 N–H and O–H groups in total. The summed E-state index contributed by atoms with van der Waals surface area (Å²) >= 11 is 0. The smallest absolute Gasteiger partial charge is 0.236 e. The van der Waals surface area contributed by atoms with Crippen LogP contribution in [0, 0.1) is 0 Å². The van der Waals surface area contributed by atoms with Crippen LogP contribution in [-0.2, 0) is 4.79 Å². The minimum atomic E-state index is 0.172. The highest BCUT2D eigenvalue weighted by molar-refractivity contribution is 5.77. The summed E-state index contributed by atoms with van der Waals surface area (Å²) in [5.41, 5.74) is 0. The van der Waals surface area contributed by atoms with Crippen LogP contribution in [-0.4, -0.2) is 62.0 Å². The maximum atomic E-state index is 11.4. The van der Waals surface area contributed by atoms with Crippen molar-refractivity contribution in [1.29, 1.82) is 0 Å². The lowest BCUT2D eigenvalue weighted by atomic mass is 10.3. The molecule has 0 saturated carbocycles. The molecule has 0 aromatic carbocycles. The van der Waals surface area contributed by atoms with E-state index in [1.165, 1.54) is 0 Å². The van der Waals surface area contributed by atoms with Gasteiger partial charge in [0.1, 0.15) is 0 Å². The Bertz CT molecular complexity index is 181. The van der Waals surface area contributed by atoms with Crippen molar-refractivity contribution in [3.8, 4) is 0 Å². The maximum Gasteiger partial charge on any atom is 0.236 e. The van der Waals surface area contributed by atoms with E-state index in [0.29, 0.717) is 6.54 Å². The van der Waals surface area contributed by atoms with Gasteiger partial charge < -0.3 is 15.1 Å². The van der Waals surface area contributed by atoms with Gasteiger partial charge in [0.15, 0.2) is 0 Å². The molecule has 0 aromatic rings. The van der Waals surface area contributed by atoms with Crippen LogP contribution in [0.1, 0.15) is 27.2 Å². The standard InChI is InChI=1S/C12H27N3O/c1-5-14(4)12(16)11-13-9-8-10-15(6-2)7-3/h13H,5-11H2,1-4H3. The lowest BCUT2D eigenvalue weighted by molar-refractivity contribution is -0.128. The van der Waals surface area contributed by atoms with Crippen molar-refractivity contribution >= 4 is 5.91 Å². The fourth-order valence-electron chi connectivity index (χ4n) is 1.47. The molecule has 0 radical (unpaired) electrons. The van der Waals surface area contributed by atoms with Crippen LogP contribution in [0.15, 0.2) is 0 Å².